The Hall–Kier alpha value is -3.32. The van der Waals surface area contributed by atoms with Gasteiger partial charge in [-0.3, -0.25) is 9.59 Å². The van der Waals surface area contributed by atoms with Crippen LogP contribution in [0.2, 0.25) is 0 Å². The maximum absolute atomic E-state index is 14.2. The molecular weight excluding hydrogens is 934 g/mol. The molecule has 1 aromatic rings. The molecule has 3 N–H and O–H groups in total. The van der Waals surface area contributed by atoms with Crippen LogP contribution in [0.25, 0.3) is 5.57 Å². The van der Waals surface area contributed by atoms with E-state index in [9.17, 15) is 19.8 Å². The first-order chi connectivity index (χ1) is 36.2. The van der Waals surface area contributed by atoms with E-state index < -0.39 is 0 Å². The molecular formula is C66H111ClN3O4+. The average Bonchev–Trinajstić information content (AvgIpc) is 3.38. The highest BCUT2D eigenvalue weighted by Crippen LogP contribution is 2.44. The van der Waals surface area contributed by atoms with Gasteiger partial charge in [0.2, 0.25) is 17.4 Å². The van der Waals surface area contributed by atoms with E-state index in [2.05, 4.69) is 42.5 Å². The lowest BCUT2D eigenvalue weighted by atomic mass is 9.79. The van der Waals surface area contributed by atoms with Crippen molar-refractivity contribution in [1.82, 2.24) is 0 Å². The zero-order chi connectivity index (χ0) is 53.4. The number of aliphatic hydroxyl groups is 2. The third kappa shape index (κ3) is 26.2. The van der Waals surface area contributed by atoms with Gasteiger partial charge in [-0.2, -0.15) is 0 Å². The Morgan fingerprint density at radius 2 is 0.878 bits per heavy atom. The highest BCUT2D eigenvalue weighted by Gasteiger charge is 2.40. The van der Waals surface area contributed by atoms with Crippen LogP contribution in [0.1, 0.15) is 297 Å². The summed E-state index contributed by atoms with van der Waals surface area (Å²) >= 11 is 7.12. The summed E-state index contributed by atoms with van der Waals surface area (Å²) < 4.78 is 2.33. The van der Waals surface area contributed by atoms with Crippen LogP contribution in [-0.2, 0) is 9.59 Å². The van der Waals surface area contributed by atoms with Gasteiger partial charge in [-0.15, -0.1) is 0 Å². The number of Topliss-reactive ketones (excluding diaryl/α,β-unsaturated/α-hetero) is 1. The zero-order valence-corrected chi connectivity index (χ0v) is 49.2. The molecule has 74 heavy (non-hydrogen) atoms. The summed E-state index contributed by atoms with van der Waals surface area (Å²) in [6.45, 7) is 14.1. The number of halogens is 1. The van der Waals surface area contributed by atoms with Crippen LogP contribution in [0, 0.1) is 0 Å². The molecule has 2 aliphatic carbocycles. The first-order valence-electron chi connectivity index (χ1n) is 31.5. The number of amides is 1. The molecule has 3 rings (SSSR count). The van der Waals surface area contributed by atoms with Crippen molar-refractivity contribution in [3.63, 3.8) is 0 Å². The molecule has 0 spiro atoms. The van der Waals surface area contributed by atoms with Gasteiger partial charge in [-0.05, 0) is 50.0 Å². The zero-order valence-electron chi connectivity index (χ0n) is 48.5. The minimum Gasteiger partial charge on any atom is -0.507 e. The van der Waals surface area contributed by atoms with Gasteiger partial charge in [0, 0.05) is 49.7 Å². The smallest absolute Gasteiger partial charge is 0.222 e. The summed E-state index contributed by atoms with van der Waals surface area (Å²) in [5.74, 6) is -0.869. The fourth-order valence-electron chi connectivity index (χ4n) is 11.0. The topological polar surface area (TPSA) is 92.9 Å². The number of hydrogen-bond acceptors (Lipinski definition) is 5. The number of carbonyl (C=O) groups is 2. The van der Waals surface area contributed by atoms with Crippen LogP contribution in [-0.4, -0.2) is 58.4 Å². The second-order valence-corrected chi connectivity index (χ2v) is 22.8. The fourth-order valence-corrected chi connectivity index (χ4v) is 11.3. The molecule has 0 bridgehead atoms. The molecule has 7 nitrogen and oxygen atoms in total. The maximum Gasteiger partial charge on any atom is 0.222 e. The van der Waals surface area contributed by atoms with E-state index in [1.807, 2.05) is 18.2 Å². The van der Waals surface area contributed by atoms with Gasteiger partial charge >= 0.3 is 0 Å². The molecule has 1 aromatic carbocycles. The highest BCUT2D eigenvalue weighted by molar-refractivity contribution is 6.46. The van der Waals surface area contributed by atoms with E-state index in [4.69, 9.17) is 11.6 Å². The second-order valence-electron chi connectivity index (χ2n) is 22.4. The van der Waals surface area contributed by atoms with Crippen LogP contribution >= 0.6 is 11.6 Å². The van der Waals surface area contributed by atoms with Crippen molar-refractivity contribution in [1.29, 1.82) is 0 Å². The molecule has 0 aromatic heterocycles. The summed E-state index contributed by atoms with van der Waals surface area (Å²) in [5.41, 5.74) is 3.22. The molecule has 0 heterocycles. The van der Waals surface area contributed by atoms with E-state index in [1.54, 1.807) is 12.2 Å². The van der Waals surface area contributed by atoms with Gasteiger partial charge in [0.1, 0.15) is 29.6 Å². The largest absolute Gasteiger partial charge is 0.507 e. The molecule has 0 aliphatic heterocycles. The number of nitrogens with one attached hydrogen (secondary N) is 1. The van der Waals surface area contributed by atoms with E-state index >= 15 is 0 Å². The second kappa shape index (κ2) is 41.8. The van der Waals surface area contributed by atoms with Gasteiger partial charge in [-0.25, -0.2) is 4.58 Å². The molecule has 0 atom stereocenters. The summed E-state index contributed by atoms with van der Waals surface area (Å²) in [4.78, 5) is 29.4. The Morgan fingerprint density at radius 1 is 0.514 bits per heavy atom. The van der Waals surface area contributed by atoms with Crippen molar-refractivity contribution >= 4 is 46.0 Å². The third-order valence-corrected chi connectivity index (χ3v) is 16.0. The molecule has 0 radical (unpaired) electrons. The lowest BCUT2D eigenvalue weighted by molar-refractivity contribution is -0.527. The van der Waals surface area contributed by atoms with Crippen molar-refractivity contribution in [3.8, 4) is 0 Å². The Morgan fingerprint density at radius 3 is 1.24 bits per heavy atom. The minimum atomic E-state index is -0.374. The van der Waals surface area contributed by atoms with Crippen molar-refractivity contribution in [2.45, 2.75) is 291 Å². The first-order valence-corrected chi connectivity index (χ1v) is 31.9. The lowest BCUT2D eigenvalue weighted by Gasteiger charge is -2.29. The minimum absolute atomic E-state index is 0.0586. The summed E-state index contributed by atoms with van der Waals surface area (Å²) in [6.07, 6.45) is 54.5. The van der Waals surface area contributed by atoms with Crippen LogP contribution in [0.3, 0.4) is 0 Å². The summed E-state index contributed by atoms with van der Waals surface area (Å²) in [5, 5.41) is 26.9. The number of benzene rings is 1. The Kier molecular flexibility index (Phi) is 36.7. The first kappa shape index (κ1) is 65.0. The standard InChI is InChI=1S/C66H110ClN3O4/c1-6-10-14-18-22-26-30-34-38-42-48-69(49-43-39-35-31-27-23-19-15-11-7-2)56-46-47-57(60(52-56)68-55(5)71)63-65(73)64(66(63)74)58-53-59(67)61(54-62(58)72)70(50-44-40-36-32-28-24-20-16-12-8-3)51-45-41-37-33-29-25-21-17-13-9-4/h46-47,52-54H,6-45,48-51H2,1-5H3,(H2,68,71,72,73,74)/p+1. The van der Waals surface area contributed by atoms with E-state index in [1.165, 1.54) is 225 Å². The lowest BCUT2D eigenvalue weighted by Crippen LogP contribution is -2.28. The fraction of sp³-hybridized carbons (Fsp3) is 0.742. The van der Waals surface area contributed by atoms with Crippen molar-refractivity contribution in [2.75, 3.05) is 36.4 Å². The van der Waals surface area contributed by atoms with Crippen LogP contribution in [0.4, 0.5) is 11.4 Å². The molecule has 8 heteroatoms. The van der Waals surface area contributed by atoms with E-state index in [0.717, 1.165) is 76.1 Å². The number of hydrogen-bond donors (Lipinski definition) is 3. The quantitative estimate of drug-likeness (QED) is 0.0344. The van der Waals surface area contributed by atoms with Crippen molar-refractivity contribution in [2.24, 2.45) is 0 Å². The van der Waals surface area contributed by atoms with Crippen LogP contribution < -0.4 is 10.2 Å². The van der Waals surface area contributed by atoms with Gasteiger partial charge in [0.25, 0.3) is 0 Å². The monoisotopic (exact) mass is 1040 g/mol. The predicted octanol–water partition coefficient (Wildman–Crippen LogP) is 20.3. The van der Waals surface area contributed by atoms with Crippen LogP contribution in [0.15, 0.2) is 58.0 Å². The summed E-state index contributed by atoms with van der Waals surface area (Å²) in [6, 6.07) is 5.90. The Balaban J connectivity index is 1.79. The number of nitrogens with zero attached hydrogens (tertiary/aromatic N) is 2. The number of aliphatic hydroxyl groups excluding tert-OH is 2. The molecule has 2 aliphatic rings. The van der Waals surface area contributed by atoms with Crippen LogP contribution in [0.5, 0.6) is 0 Å². The van der Waals surface area contributed by atoms with Crippen molar-refractivity contribution < 1.29 is 24.4 Å². The molecule has 0 saturated carbocycles. The average molecular weight is 1050 g/mol. The van der Waals surface area contributed by atoms with Gasteiger partial charge < -0.3 is 20.4 Å². The summed E-state index contributed by atoms with van der Waals surface area (Å²) in [7, 11) is 0. The van der Waals surface area contributed by atoms with Crippen molar-refractivity contribution in [3.05, 3.63) is 63.6 Å². The number of ketones is 1. The van der Waals surface area contributed by atoms with Gasteiger partial charge in [-0.1, -0.05) is 258 Å². The van der Waals surface area contributed by atoms with E-state index in [-0.39, 0.29) is 39.9 Å². The number of rotatable bonds is 47. The third-order valence-electron chi connectivity index (χ3n) is 15.7. The van der Waals surface area contributed by atoms with Gasteiger partial charge in [0.05, 0.1) is 22.9 Å². The maximum atomic E-state index is 14.2. The van der Waals surface area contributed by atoms with E-state index in [0.29, 0.717) is 16.3 Å². The number of anilines is 2. The normalized spacial score (nSPS) is 14.7. The predicted molar refractivity (Wildman–Crippen MR) is 322 cm³/mol. The molecule has 0 fully saturated rings. The Labute approximate surface area is 459 Å². The molecule has 1 amide bonds. The molecule has 0 unspecified atom stereocenters. The highest BCUT2D eigenvalue weighted by atomic mass is 35.5. The van der Waals surface area contributed by atoms with Gasteiger partial charge in [0.15, 0.2) is 0 Å². The molecule has 0 saturated heterocycles. The number of carbonyl (C=O) groups excluding carboxylic acids is 2. The SMILES string of the molecule is CCCCCCCCCCCCN(CCCCCCCCCCCC)c1ccc(C2=C(O)/C(=C3\C=C(Cl)C(=[N+](CCCCCCCCCCCC)CCCCCCCCCCCC)C=C3O)C2=O)c(NC(C)=O)c1. The Bertz CT molecular complexity index is 1830. The number of unbranched alkanes of at least 4 members (excludes halogenated alkanes) is 36. The number of allylic oxidation sites excluding steroid dienone is 5. The molecule has 420 valence electrons.